The van der Waals surface area contributed by atoms with Gasteiger partial charge in [0.1, 0.15) is 6.04 Å². The van der Waals surface area contributed by atoms with Gasteiger partial charge in [0.25, 0.3) is 0 Å². The van der Waals surface area contributed by atoms with Gasteiger partial charge in [0.05, 0.1) is 0 Å². The van der Waals surface area contributed by atoms with Crippen molar-refractivity contribution in [2.24, 2.45) is 0 Å². The second kappa shape index (κ2) is 5.68. The van der Waals surface area contributed by atoms with Gasteiger partial charge in [-0.1, -0.05) is 64.7 Å². The Morgan fingerprint density at radius 3 is 2.43 bits per heavy atom. The molecule has 1 aliphatic rings. The number of tetrazole rings is 1. The molecule has 0 fully saturated rings. The van der Waals surface area contributed by atoms with Gasteiger partial charge in [-0.25, -0.2) is 0 Å². The molecule has 0 aliphatic carbocycles. The minimum Gasteiger partial charge on any atom is -0.323 e. The summed E-state index contributed by atoms with van der Waals surface area (Å²) in [6.45, 7) is 0. The molecule has 1 atom stereocenters. The van der Waals surface area contributed by atoms with E-state index in [-0.39, 0.29) is 6.04 Å². The standard InChI is InChI=1S/C16H11Cl2N5/c17-11-7-4-8-12(18)15(11)14-9-13(10-5-2-1-3-6-10)19-16-20-21-22-23(14)16/h1-9,14H,(H,19,20,22)/t14-/m1/s1. The molecule has 7 heteroatoms. The van der Waals surface area contributed by atoms with Gasteiger partial charge in [0.2, 0.25) is 5.95 Å². The van der Waals surface area contributed by atoms with E-state index in [9.17, 15) is 0 Å². The smallest absolute Gasteiger partial charge is 0.248 e. The van der Waals surface area contributed by atoms with E-state index in [0.29, 0.717) is 16.0 Å². The van der Waals surface area contributed by atoms with E-state index in [1.54, 1.807) is 4.68 Å². The van der Waals surface area contributed by atoms with E-state index in [2.05, 4.69) is 20.8 Å². The number of anilines is 1. The molecule has 0 saturated carbocycles. The highest BCUT2D eigenvalue weighted by atomic mass is 35.5. The maximum atomic E-state index is 6.37. The van der Waals surface area contributed by atoms with E-state index in [1.807, 2.05) is 54.6 Å². The van der Waals surface area contributed by atoms with E-state index in [1.165, 1.54) is 0 Å². The summed E-state index contributed by atoms with van der Waals surface area (Å²) in [5.74, 6) is 0.548. The average Bonchev–Trinajstić information content (AvgIpc) is 3.04. The van der Waals surface area contributed by atoms with E-state index in [4.69, 9.17) is 23.2 Å². The summed E-state index contributed by atoms with van der Waals surface area (Å²) in [6, 6.07) is 15.1. The van der Waals surface area contributed by atoms with Crippen LogP contribution >= 0.6 is 23.2 Å². The summed E-state index contributed by atoms with van der Waals surface area (Å²) in [7, 11) is 0. The number of nitrogens with zero attached hydrogens (tertiary/aromatic N) is 4. The number of hydrogen-bond acceptors (Lipinski definition) is 4. The first-order valence-electron chi connectivity index (χ1n) is 7.00. The van der Waals surface area contributed by atoms with Crippen LogP contribution in [0.4, 0.5) is 5.95 Å². The molecule has 2 aromatic carbocycles. The van der Waals surface area contributed by atoms with Crippen LogP contribution in [0.15, 0.2) is 54.6 Å². The van der Waals surface area contributed by atoms with Crippen LogP contribution in [-0.4, -0.2) is 20.2 Å². The van der Waals surface area contributed by atoms with E-state index >= 15 is 0 Å². The molecule has 1 N–H and O–H groups in total. The van der Waals surface area contributed by atoms with Gasteiger partial charge in [0, 0.05) is 21.3 Å². The molecule has 3 aromatic rings. The molecule has 0 amide bonds. The number of fused-ring (bicyclic) bond motifs is 1. The van der Waals surface area contributed by atoms with E-state index < -0.39 is 0 Å². The van der Waals surface area contributed by atoms with Crippen molar-refractivity contribution in [1.82, 2.24) is 20.2 Å². The minimum absolute atomic E-state index is 0.280. The van der Waals surface area contributed by atoms with Crippen molar-refractivity contribution in [1.29, 1.82) is 0 Å². The first-order valence-corrected chi connectivity index (χ1v) is 7.75. The quantitative estimate of drug-likeness (QED) is 0.762. The topological polar surface area (TPSA) is 55.6 Å². The normalized spacial score (nSPS) is 16.4. The van der Waals surface area contributed by atoms with E-state index in [0.717, 1.165) is 16.8 Å². The zero-order valence-corrected chi connectivity index (χ0v) is 13.3. The van der Waals surface area contributed by atoms with Gasteiger partial charge in [-0.2, -0.15) is 4.68 Å². The van der Waals surface area contributed by atoms with Crippen molar-refractivity contribution in [2.75, 3.05) is 5.32 Å². The van der Waals surface area contributed by atoms with Crippen LogP contribution in [-0.2, 0) is 0 Å². The maximum absolute atomic E-state index is 6.37. The lowest BCUT2D eigenvalue weighted by molar-refractivity contribution is 0.586. The first-order chi connectivity index (χ1) is 11.2. The molecule has 0 spiro atoms. The van der Waals surface area contributed by atoms with Crippen LogP contribution in [0.25, 0.3) is 5.70 Å². The molecule has 23 heavy (non-hydrogen) atoms. The Balaban J connectivity index is 1.89. The fourth-order valence-electron chi connectivity index (χ4n) is 2.64. The van der Waals surface area contributed by atoms with Crippen molar-refractivity contribution in [3.05, 3.63) is 75.8 Å². The highest BCUT2D eigenvalue weighted by Gasteiger charge is 2.27. The molecular formula is C16H11Cl2N5. The predicted molar refractivity (Wildman–Crippen MR) is 90.5 cm³/mol. The SMILES string of the molecule is Clc1cccc(Cl)c1[C@H]1C=C(c2ccccc2)Nc2nnnn21. The predicted octanol–water partition coefficient (Wildman–Crippen LogP) is 4.04. The third-order valence-electron chi connectivity index (χ3n) is 3.71. The van der Waals surface area contributed by atoms with Crippen LogP contribution in [0, 0.1) is 0 Å². The van der Waals surface area contributed by atoms with Crippen LogP contribution in [0.2, 0.25) is 10.0 Å². The summed E-state index contributed by atoms with van der Waals surface area (Å²) < 4.78 is 1.67. The Morgan fingerprint density at radius 2 is 1.70 bits per heavy atom. The Bertz CT molecular complexity index is 868. The summed E-state index contributed by atoms with van der Waals surface area (Å²) in [6.07, 6.45) is 2.02. The lowest BCUT2D eigenvalue weighted by Crippen LogP contribution is -2.20. The summed E-state index contributed by atoms with van der Waals surface area (Å²) in [4.78, 5) is 0. The molecule has 0 unspecified atom stereocenters. The number of rotatable bonds is 2. The molecule has 0 radical (unpaired) electrons. The zero-order chi connectivity index (χ0) is 15.8. The Labute approximate surface area is 142 Å². The monoisotopic (exact) mass is 343 g/mol. The van der Waals surface area contributed by atoms with Crippen LogP contribution < -0.4 is 5.32 Å². The third kappa shape index (κ3) is 2.48. The molecule has 5 nitrogen and oxygen atoms in total. The van der Waals surface area contributed by atoms with Gasteiger partial charge >= 0.3 is 0 Å². The molecule has 0 bridgehead atoms. The van der Waals surface area contributed by atoms with Crippen molar-refractivity contribution < 1.29 is 0 Å². The number of aromatic nitrogens is 4. The first kappa shape index (κ1) is 14.2. The van der Waals surface area contributed by atoms with Gasteiger partial charge in [-0.3, -0.25) is 0 Å². The second-order valence-electron chi connectivity index (χ2n) is 5.10. The molecule has 1 aliphatic heterocycles. The van der Waals surface area contributed by atoms with Crippen molar-refractivity contribution in [2.45, 2.75) is 6.04 Å². The fraction of sp³-hybridized carbons (Fsp3) is 0.0625. The van der Waals surface area contributed by atoms with Gasteiger partial charge < -0.3 is 5.32 Å². The number of halogens is 2. The molecule has 114 valence electrons. The zero-order valence-electron chi connectivity index (χ0n) is 11.8. The van der Waals surface area contributed by atoms with Gasteiger partial charge in [0.15, 0.2) is 0 Å². The number of nitrogens with one attached hydrogen (secondary N) is 1. The van der Waals surface area contributed by atoms with Crippen LogP contribution in [0.1, 0.15) is 17.2 Å². The average molecular weight is 344 g/mol. The van der Waals surface area contributed by atoms with Gasteiger partial charge in [-0.15, -0.1) is 0 Å². The second-order valence-corrected chi connectivity index (χ2v) is 5.91. The summed E-state index contributed by atoms with van der Waals surface area (Å²) >= 11 is 12.7. The minimum atomic E-state index is -0.280. The Kier molecular flexibility index (Phi) is 3.52. The van der Waals surface area contributed by atoms with Crippen molar-refractivity contribution >= 4 is 34.8 Å². The van der Waals surface area contributed by atoms with Gasteiger partial charge in [-0.05, 0) is 34.2 Å². The number of allylic oxidation sites excluding steroid dienone is 1. The molecule has 4 rings (SSSR count). The maximum Gasteiger partial charge on any atom is 0.248 e. The highest BCUT2D eigenvalue weighted by molar-refractivity contribution is 6.36. The Hall–Kier alpha value is -2.37. The molecule has 0 saturated heterocycles. The van der Waals surface area contributed by atoms with Crippen molar-refractivity contribution in [3.8, 4) is 0 Å². The Morgan fingerprint density at radius 1 is 0.957 bits per heavy atom. The fourth-order valence-corrected chi connectivity index (χ4v) is 3.26. The highest BCUT2D eigenvalue weighted by Crippen LogP contribution is 2.38. The molecular weight excluding hydrogens is 333 g/mol. The lowest BCUT2D eigenvalue weighted by atomic mass is 10.0. The third-order valence-corrected chi connectivity index (χ3v) is 4.37. The number of hydrogen-bond donors (Lipinski definition) is 1. The van der Waals surface area contributed by atoms with Crippen LogP contribution in [0.5, 0.6) is 0 Å². The number of benzene rings is 2. The van der Waals surface area contributed by atoms with Crippen molar-refractivity contribution in [3.63, 3.8) is 0 Å². The largest absolute Gasteiger partial charge is 0.323 e. The van der Waals surface area contributed by atoms with Crippen LogP contribution in [0.3, 0.4) is 0 Å². The lowest BCUT2D eigenvalue weighted by Gasteiger charge is -2.24. The molecule has 1 aromatic heterocycles. The summed E-state index contributed by atoms with van der Waals surface area (Å²) in [5.41, 5.74) is 2.73. The summed E-state index contributed by atoms with van der Waals surface area (Å²) in [5, 5.41) is 16.2. The molecule has 2 heterocycles.